The normalized spacial score (nSPS) is 18.8. The third-order valence-corrected chi connectivity index (χ3v) is 2.83. The zero-order chi connectivity index (χ0) is 13.0. The molecule has 106 valence electrons. The highest BCUT2D eigenvalue weighted by atomic mass is 35.5. The second kappa shape index (κ2) is 7.22. The summed E-state index contributed by atoms with van der Waals surface area (Å²) in [6, 6.07) is 0. The molecule has 19 heavy (non-hydrogen) atoms. The molecule has 2 rings (SSSR count). The van der Waals surface area contributed by atoms with E-state index in [0.717, 1.165) is 13.0 Å². The smallest absolute Gasteiger partial charge is 0.268 e. The van der Waals surface area contributed by atoms with Crippen molar-refractivity contribution in [2.75, 3.05) is 31.1 Å². The molecule has 1 aromatic heterocycles. The van der Waals surface area contributed by atoms with Gasteiger partial charge in [0.2, 0.25) is 0 Å². The predicted octanol–water partition coefficient (Wildman–Crippen LogP) is -0.449. The Morgan fingerprint density at radius 2 is 2.32 bits per heavy atom. The molecule has 1 atom stereocenters. The molecule has 0 aromatic carbocycles. The van der Waals surface area contributed by atoms with E-state index in [-0.39, 0.29) is 24.2 Å². The Morgan fingerprint density at radius 3 is 3.00 bits per heavy atom. The van der Waals surface area contributed by atoms with E-state index < -0.39 is 5.91 Å². The number of morpholine rings is 1. The summed E-state index contributed by atoms with van der Waals surface area (Å²) in [5.74, 6) is 0.0766. The average Bonchev–Trinajstić information content (AvgIpc) is 2.39. The van der Waals surface area contributed by atoms with E-state index in [2.05, 4.69) is 9.97 Å². The molecule has 4 N–H and O–H groups in total. The van der Waals surface area contributed by atoms with Crippen molar-refractivity contribution in [1.29, 1.82) is 0 Å². The van der Waals surface area contributed by atoms with Crippen LogP contribution in [-0.4, -0.2) is 48.2 Å². The number of aromatic nitrogens is 2. The average molecular weight is 288 g/mol. The van der Waals surface area contributed by atoms with E-state index in [1.807, 2.05) is 4.90 Å². The molecule has 0 aliphatic carbocycles. The number of hydrogen-bond acceptors (Lipinski definition) is 6. The number of amides is 1. The number of nitrogens with zero attached hydrogens (tertiary/aromatic N) is 3. The molecule has 2 heterocycles. The molecule has 1 fully saturated rings. The summed E-state index contributed by atoms with van der Waals surface area (Å²) >= 11 is 0. The molecule has 0 saturated carbocycles. The van der Waals surface area contributed by atoms with E-state index in [0.29, 0.717) is 25.5 Å². The molecule has 1 amide bonds. The Bertz CT molecular complexity index is 429. The SMILES string of the molecule is Cl.NCCC1CN(c2cncc(C(N)=O)n2)CCO1. The summed E-state index contributed by atoms with van der Waals surface area (Å²) in [7, 11) is 0. The Labute approximate surface area is 117 Å². The van der Waals surface area contributed by atoms with E-state index >= 15 is 0 Å². The van der Waals surface area contributed by atoms with E-state index in [1.54, 1.807) is 6.20 Å². The van der Waals surface area contributed by atoms with Gasteiger partial charge in [0.05, 0.1) is 25.1 Å². The Balaban J connectivity index is 0.00000180. The van der Waals surface area contributed by atoms with Gasteiger partial charge in [-0.15, -0.1) is 12.4 Å². The van der Waals surface area contributed by atoms with Gasteiger partial charge in [-0.1, -0.05) is 0 Å². The molecule has 7 nitrogen and oxygen atoms in total. The number of hydrogen-bond donors (Lipinski definition) is 2. The van der Waals surface area contributed by atoms with Crippen molar-refractivity contribution in [3.63, 3.8) is 0 Å². The molecule has 1 unspecified atom stereocenters. The predicted molar refractivity (Wildman–Crippen MR) is 73.4 cm³/mol. The van der Waals surface area contributed by atoms with E-state index in [1.165, 1.54) is 6.20 Å². The van der Waals surface area contributed by atoms with Crippen LogP contribution in [0.2, 0.25) is 0 Å². The van der Waals surface area contributed by atoms with Crippen LogP contribution in [0.4, 0.5) is 5.82 Å². The molecular weight excluding hydrogens is 270 g/mol. The first-order valence-electron chi connectivity index (χ1n) is 5.89. The van der Waals surface area contributed by atoms with Crippen molar-refractivity contribution in [1.82, 2.24) is 9.97 Å². The van der Waals surface area contributed by atoms with Gasteiger partial charge < -0.3 is 21.1 Å². The molecule has 0 spiro atoms. The van der Waals surface area contributed by atoms with E-state index in [4.69, 9.17) is 16.2 Å². The number of ether oxygens (including phenoxy) is 1. The molecule has 1 saturated heterocycles. The number of nitrogens with two attached hydrogens (primary N) is 2. The van der Waals surface area contributed by atoms with Crippen molar-refractivity contribution in [2.45, 2.75) is 12.5 Å². The fraction of sp³-hybridized carbons (Fsp3) is 0.545. The van der Waals surface area contributed by atoms with Crippen LogP contribution in [0, 0.1) is 0 Å². The first-order valence-corrected chi connectivity index (χ1v) is 5.89. The topological polar surface area (TPSA) is 107 Å². The van der Waals surface area contributed by atoms with Crippen molar-refractivity contribution in [3.05, 3.63) is 18.1 Å². The lowest BCUT2D eigenvalue weighted by molar-refractivity contribution is 0.0366. The Hall–Kier alpha value is -1.44. The van der Waals surface area contributed by atoms with Gasteiger partial charge in [-0.2, -0.15) is 0 Å². The summed E-state index contributed by atoms with van der Waals surface area (Å²) in [4.78, 5) is 21.3. The second-order valence-corrected chi connectivity index (χ2v) is 4.14. The fourth-order valence-electron chi connectivity index (χ4n) is 1.91. The van der Waals surface area contributed by atoms with Crippen molar-refractivity contribution in [2.24, 2.45) is 11.5 Å². The summed E-state index contributed by atoms with van der Waals surface area (Å²) in [5.41, 5.74) is 10.9. The van der Waals surface area contributed by atoms with Crippen molar-refractivity contribution in [3.8, 4) is 0 Å². The molecular formula is C11H18ClN5O2. The minimum Gasteiger partial charge on any atom is -0.374 e. The molecule has 8 heteroatoms. The second-order valence-electron chi connectivity index (χ2n) is 4.14. The maximum absolute atomic E-state index is 11.1. The largest absolute Gasteiger partial charge is 0.374 e. The van der Waals surface area contributed by atoms with Crippen LogP contribution in [0.15, 0.2) is 12.4 Å². The highest BCUT2D eigenvalue weighted by Crippen LogP contribution is 2.15. The van der Waals surface area contributed by atoms with Crippen LogP contribution in [0.3, 0.4) is 0 Å². The fourth-order valence-corrected chi connectivity index (χ4v) is 1.91. The van der Waals surface area contributed by atoms with Gasteiger partial charge in [0.15, 0.2) is 0 Å². The van der Waals surface area contributed by atoms with Crippen LogP contribution in [0.25, 0.3) is 0 Å². The first kappa shape index (κ1) is 15.6. The van der Waals surface area contributed by atoms with Crippen LogP contribution in [0.5, 0.6) is 0 Å². The highest BCUT2D eigenvalue weighted by Gasteiger charge is 2.21. The third-order valence-electron chi connectivity index (χ3n) is 2.83. The maximum atomic E-state index is 11.1. The summed E-state index contributed by atoms with van der Waals surface area (Å²) in [6.07, 6.45) is 3.89. The quantitative estimate of drug-likeness (QED) is 0.777. The van der Waals surface area contributed by atoms with Gasteiger partial charge in [0, 0.05) is 13.1 Å². The lowest BCUT2D eigenvalue weighted by Gasteiger charge is -2.33. The number of rotatable bonds is 4. The number of halogens is 1. The summed E-state index contributed by atoms with van der Waals surface area (Å²) < 4.78 is 5.59. The van der Waals surface area contributed by atoms with Crippen molar-refractivity contribution < 1.29 is 9.53 Å². The van der Waals surface area contributed by atoms with Gasteiger partial charge in [-0.05, 0) is 13.0 Å². The first-order chi connectivity index (χ1) is 8.70. The van der Waals surface area contributed by atoms with Gasteiger partial charge in [-0.25, -0.2) is 4.98 Å². The lowest BCUT2D eigenvalue weighted by Crippen LogP contribution is -2.43. The minimum atomic E-state index is -0.573. The zero-order valence-electron chi connectivity index (χ0n) is 10.5. The molecule has 0 bridgehead atoms. The number of anilines is 1. The zero-order valence-corrected chi connectivity index (χ0v) is 11.3. The maximum Gasteiger partial charge on any atom is 0.268 e. The molecule has 1 aliphatic rings. The number of primary amides is 1. The molecule has 0 radical (unpaired) electrons. The molecule has 1 aromatic rings. The van der Waals surface area contributed by atoms with Gasteiger partial charge >= 0.3 is 0 Å². The summed E-state index contributed by atoms with van der Waals surface area (Å²) in [5, 5.41) is 0. The van der Waals surface area contributed by atoms with Crippen LogP contribution >= 0.6 is 12.4 Å². The van der Waals surface area contributed by atoms with E-state index in [9.17, 15) is 4.79 Å². The van der Waals surface area contributed by atoms with Gasteiger partial charge in [0.1, 0.15) is 11.5 Å². The third kappa shape index (κ3) is 4.02. The van der Waals surface area contributed by atoms with Crippen LogP contribution in [0.1, 0.15) is 16.9 Å². The number of carbonyl (C=O) groups is 1. The Kier molecular flexibility index (Phi) is 5.94. The number of carbonyl (C=O) groups excluding carboxylic acids is 1. The lowest BCUT2D eigenvalue weighted by atomic mass is 10.2. The highest BCUT2D eigenvalue weighted by molar-refractivity contribution is 5.90. The van der Waals surface area contributed by atoms with Crippen molar-refractivity contribution >= 4 is 24.1 Å². The monoisotopic (exact) mass is 287 g/mol. The van der Waals surface area contributed by atoms with Crippen LogP contribution in [-0.2, 0) is 4.74 Å². The standard InChI is InChI=1S/C11H17N5O2.ClH/c12-2-1-8-7-16(3-4-18-8)10-6-14-5-9(15-10)11(13)17;/h5-6,8H,1-4,7,12H2,(H2,13,17);1H. The Morgan fingerprint density at radius 1 is 1.53 bits per heavy atom. The molecule has 1 aliphatic heterocycles. The van der Waals surface area contributed by atoms with Gasteiger partial charge in [0.25, 0.3) is 5.91 Å². The summed E-state index contributed by atoms with van der Waals surface area (Å²) in [6.45, 7) is 2.63. The minimum absolute atomic E-state index is 0. The van der Waals surface area contributed by atoms with Gasteiger partial charge in [-0.3, -0.25) is 9.78 Å². The van der Waals surface area contributed by atoms with Crippen LogP contribution < -0.4 is 16.4 Å².